The molecule has 0 saturated carbocycles. The molecule has 6 heteroatoms. The van der Waals surface area contributed by atoms with Crippen LogP contribution in [-0.2, 0) is 0 Å². The van der Waals surface area contributed by atoms with Gasteiger partial charge in [0.15, 0.2) is 0 Å². The van der Waals surface area contributed by atoms with Crippen molar-refractivity contribution in [2.75, 3.05) is 36.9 Å². The lowest BCUT2D eigenvalue weighted by Gasteiger charge is -2.24. The van der Waals surface area contributed by atoms with Crippen LogP contribution in [0.15, 0.2) is 12.1 Å². The van der Waals surface area contributed by atoms with Gasteiger partial charge in [-0.2, -0.15) is 0 Å². The van der Waals surface area contributed by atoms with E-state index in [1.807, 2.05) is 0 Å². The number of nitrogens with two attached hydrogens (primary N) is 1. The molecule has 0 aliphatic heterocycles. The smallest absolute Gasteiger partial charge is 0.0617 e. The molecule has 0 aliphatic rings. The van der Waals surface area contributed by atoms with E-state index >= 15 is 0 Å². The van der Waals surface area contributed by atoms with Gasteiger partial charge in [0.05, 0.1) is 34.6 Å². The fourth-order valence-electron chi connectivity index (χ4n) is 1.42. The molecule has 0 unspecified atom stereocenters. The van der Waals surface area contributed by atoms with E-state index in [1.165, 1.54) is 0 Å². The molecule has 0 aliphatic carbocycles. The number of benzene rings is 1. The van der Waals surface area contributed by atoms with Crippen LogP contribution < -0.4 is 10.6 Å². The van der Waals surface area contributed by atoms with Gasteiger partial charge in [-0.1, -0.05) is 23.2 Å². The monoisotopic (exact) mass is 264 g/mol. The van der Waals surface area contributed by atoms with Gasteiger partial charge >= 0.3 is 0 Å². The number of anilines is 2. The third kappa shape index (κ3) is 3.15. The summed E-state index contributed by atoms with van der Waals surface area (Å²) in [5, 5.41) is 18.6. The maximum Gasteiger partial charge on any atom is 0.0617 e. The molecule has 0 radical (unpaired) electrons. The zero-order chi connectivity index (χ0) is 12.1. The standard InChI is InChI=1S/C10H14Cl2N2O2/c11-7-5-9(13)10(6-8(7)12)14(1-3-15)2-4-16/h5-6,15-16H,1-4,13H2. The van der Waals surface area contributed by atoms with Crippen molar-refractivity contribution in [1.29, 1.82) is 0 Å². The lowest BCUT2D eigenvalue weighted by atomic mass is 10.2. The van der Waals surface area contributed by atoms with Crippen LogP contribution in [-0.4, -0.2) is 36.5 Å². The number of nitrogen functional groups attached to an aromatic ring is 1. The zero-order valence-electron chi connectivity index (χ0n) is 8.66. The fraction of sp³-hybridized carbons (Fsp3) is 0.400. The van der Waals surface area contributed by atoms with E-state index in [4.69, 9.17) is 39.1 Å². The lowest BCUT2D eigenvalue weighted by Crippen LogP contribution is -2.30. The quantitative estimate of drug-likeness (QED) is 0.703. The van der Waals surface area contributed by atoms with E-state index in [-0.39, 0.29) is 13.2 Å². The molecule has 0 saturated heterocycles. The Hall–Kier alpha value is -0.680. The van der Waals surface area contributed by atoms with E-state index in [1.54, 1.807) is 17.0 Å². The van der Waals surface area contributed by atoms with Crippen LogP contribution in [0.1, 0.15) is 0 Å². The van der Waals surface area contributed by atoms with Crippen LogP contribution in [0.3, 0.4) is 0 Å². The highest BCUT2D eigenvalue weighted by Crippen LogP contribution is 2.32. The molecule has 0 heterocycles. The van der Waals surface area contributed by atoms with Crippen molar-refractivity contribution in [3.8, 4) is 0 Å². The first-order chi connectivity index (χ1) is 7.60. The van der Waals surface area contributed by atoms with Gasteiger partial charge in [0.1, 0.15) is 0 Å². The summed E-state index contributed by atoms with van der Waals surface area (Å²) in [6.07, 6.45) is 0. The molecule has 0 bridgehead atoms. The number of hydrogen-bond donors (Lipinski definition) is 3. The summed E-state index contributed by atoms with van der Waals surface area (Å²) >= 11 is 11.7. The normalized spacial score (nSPS) is 10.5. The Balaban J connectivity index is 3.03. The number of aliphatic hydroxyl groups is 2. The summed E-state index contributed by atoms with van der Waals surface area (Å²) in [6, 6.07) is 3.19. The molecule has 0 atom stereocenters. The molecule has 0 amide bonds. The predicted molar refractivity (Wildman–Crippen MR) is 67.3 cm³/mol. The van der Waals surface area contributed by atoms with Gasteiger partial charge in [-0.05, 0) is 12.1 Å². The van der Waals surface area contributed by atoms with Crippen LogP contribution in [0.5, 0.6) is 0 Å². The Bertz CT molecular complexity index is 355. The number of rotatable bonds is 5. The molecule has 0 fully saturated rings. The van der Waals surface area contributed by atoms with Crippen molar-refractivity contribution >= 4 is 34.6 Å². The van der Waals surface area contributed by atoms with E-state index in [0.29, 0.717) is 34.5 Å². The molecule has 90 valence electrons. The van der Waals surface area contributed by atoms with Gasteiger partial charge in [0.2, 0.25) is 0 Å². The Morgan fingerprint density at radius 2 is 1.56 bits per heavy atom. The van der Waals surface area contributed by atoms with E-state index in [9.17, 15) is 0 Å². The van der Waals surface area contributed by atoms with E-state index < -0.39 is 0 Å². The van der Waals surface area contributed by atoms with Gasteiger partial charge in [-0.15, -0.1) is 0 Å². The second kappa shape index (κ2) is 6.15. The summed E-state index contributed by atoms with van der Waals surface area (Å²) in [5.74, 6) is 0. The third-order valence-electron chi connectivity index (χ3n) is 2.15. The molecule has 1 rings (SSSR count). The average molecular weight is 265 g/mol. The highest BCUT2D eigenvalue weighted by molar-refractivity contribution is 6.42. The summed E-state index contributed by atoms with van der Waals surface area (Å²) in [4.78, 5) is 1.75. The van der Waals surface area contributed by atoms with Gasteiger partial charge in [-0.25, -0.2) is 0 Å². The molecular weight excluding hydrogens is 251 g/mol. The van der Waals surface area contributed by atoms with Gasteiger partial charge in [-0.3, -0.25) is 0 Å². The van der Waals surface area contributed by atoms with Crippen LogP contribution in [0.4, 0.5) is 11.4 Å². The number of nitrogens with zero attached hydrogens (tertiary/aromatic N) is 1. The topological polar surface area (TPSA) is 69.7 Å². The molecule has 4 N–H and O–H groups in total. The molecule has 0 spiro atoms. The van der Waals surface area contributed by atoms with Crippen molar-refractivity contribution in [2.45, 2.75) is 0 Å². The lowest BCUT2D eigenvalue weighted by molar-refractivity contribution is 0.281. The first kappa shape index (κ1) is 13.4. The number of hydrogen-bond acceptors (Lipinski definition) is 4. The van der Waals surface area contributed by atoms with Gasteiger partial charge in [0, 0.05) is 13.1 Å². The predicted octanol–water partition coefficient (Wildman–Crippen LogP) is 1.37. The zero-order valence-corrected chi connectivity index (χ0v) is 10.2. The second-order valence-corrected chi connectivity index (χ2v) is 4.07. The maximum atomic E-state index is 8.92. The Morgan fingerprint density at radius 1 is 1.06 bits per heavy atom. The molecular formula is C10H14Cl2N2O2. The van der Waals surface area contributed by atoms with Crippen molar-refractivity contribution in [2.24, 2.45) is 0 Å². The van der Waals surface area contributed by atoms with Crippen LogP contribution in [0.2, 0.25) is 10.0 Å². The Morgan fingerprint density at radius 3 is 2.06 bits per heavy atom. The minimum atomic E-state index is -0.0281. The minimum Gasteiger partial charge on any atom is -0.397 e. The van der Waals surface area contributed by atoms with Crippen molar-refractivity contribution in [1.82, 2.24) is 0 Å². The first-order valence-corrected chi connectivity index (χ1v) is 5.57. The molecule has 1 aromatic rings. The van der Waals surface area contributed by atoms with Gasteiger partial charge < -0.3 is 20.8 Å². The molecule has 4 nitrogen and oxygen atoms in total. The van der Waals surface area contributed by atoms with Crippen LogP contribution in [0, 0.1) is 0 Å². The molecule has 16 heavy (non-hydrogen) atoms. The fourth-order valence-corrected chi connectivity index (χ4v) is 1.75. The summed E-state index contributed by atoms with van der Waals surface area (Å²) in [7, 11) is 0. The Kier molecular flexibility index (Phi) is 5.15. The SMILES string of the molecule is Nc1cc(Cl)c(Cl)cc1N(CCO)CCO. The summed E-state index contributed by atoms with van der Waals surface area (Å²) in [5.41, 5.74) is 6.94. The van der Waals surface area contributed by atoms with Crippen LogP contribution >= 0.6 is 23.2 Å². The van der Waals surface area contributed by atoms with E-state index in [0.717, 1.165) is 0 Å². The van der Waals surface area contributed by atoms with Crippen molar-refractivity contribution < 1.29 is 10.2 Å². The van der Waals surface area contributed by atoms with E-state index in [2.05, 4.69) is 0 Å². The highest BCUT2D eigenvalue weighted by Gasteiger charge is 2.11. The third-order valence-corrected chi connectivity index (χ3v) is 2.87. The number of halogens is 2. The average Bonchev–Trinajstić information content (AvgIpc) is 2.23. The number of aliphatic hydroxyl groups excluding tert-OH is 2. The largest absolute Gasteiger partial charge is 0.397 e. The second-order valence-electron chi connectivity index (χ2n) is 3.26. The summed E-state index contributed by atoms with van der Waals surface area (Å²) in [6.45, 7) is 0.699. The minimum absolute atomic E-state index is 0.0281. The first-order valence-electron chi connectivity index (χ1n) is 4.81. The Labute approximate surface area is 104 Å². The maximum absolute atomic E-state index is 8.92. The molecule has 0 aromatic heterocycles. The van der Waals surface area contributed by atoms with Gasteiger partial charge in [0.25, 0.3) is 0 Å². The molecule has 1 aromatic carbocycles. The van der Waals surface area contributed by atoms with Crippen molar-refractivity contribution in [3.63, 3.8) is 0 Å². The highest BCUT2D eigenvalue weighted by atomic mass is 35.5. The summed E-state index contributed by atoms with van der Waals surface area (Å²) < 4.78 is 0. The van der Waals surface area contributed by atoms with Crippen molar-refractivity contribution in [3.05, 3.63) is 22.2 Å². The van der Waals surface area contributed by atoms with Crippen LogP contribution in [0.25, 0.3) is 0 Å².